The van der Waals surface area contributed by atoms with Gasteiger partial charge in [-0.25, -0.2) is 10.2 Å². The second-order valence-electron chi connectivity index (χ2n) is 12.7. The van der Waals surface area contributed by atoms with Gasteiger partial charge in [-0.15, -0.1) is 0 Å². The molecule has 3 aliphatic carbocycles. The molecule has 0 aromatic heterocycles. The average molecular weight is 532 g/mol. The predicted molar refractivity (Wildman–Crippen MR) is 152 cm³/mol. The fraction of sp³-hybridized carbons (Fsp3) is 0.531. The van der Waals surface area contributed by atoms with E-state index in [1.165, 1.54) is 11.1 Å². The van der Waals surface area contributed by atoms with E-state index in [1.54, 1.807) is 20.8 Å². The van der Waals surface area contributed by atoms with Crippen LogP contribution in [0.2, 0.25) is 0 Å². The topological polar surface area (TPSA) is 100 Å². The molecule has 3 N–H and O–H groups in total. The number of ether oxygens (including phenoxy) is 1. The molecule has 3 aliphatic rings. The molecule has 7 nitrogen and oxygen atoms in total. The van der Waals surface area contributed by atoms with Crippen LogP contribution in [0.5, 0.6) is 5.75 Å². The number of carbonyl (C=O) groups excluding carboxylic acids is 2. The van der Waals surface area contributed by atoms with Crippen LogP contribution in [0, 0.1) is 17.3 Å². The molecule has 7 heteroatoms. The Hall–Kier alpha value is -3.35. The second-order valence-corrected chi connectivity index (χ2v) is 12.7. The maximum Gasteiger partial charge on any atom is 0.408 e. The van der Waals surface area contributed by atoms with Crippen LogP contribution >= 0.6 is 0 Å². The maximum absolute atomic E-state index is 13.4. The zero-order valence-electron chi connectivity index (χ0n) is 23.5. The molecule has 2 aromatic rings. The van der Waals surface area contributed by atoms with Crippen LogP contribution in [0.3, 0.4) is 0 Å². The van der Waals surface area contributed by atoms with Gasteiger partial charge in [-0.3, -0.25) is 4.79 Å². The van der Waals surface area contributed by atoms with Gasteiger partial charge in [-0.1, -0.05) is 43.3 Å². The molecule has 0 aliphatic heterocycles. The molecular formula is C32H41N3O4. The van der Waals surface area contributed by atoms with Crippen molar-refractivity contribution in [3.63, 3.8) is 0 Å². The van der Waals surface area contributed by atoms with E-state index in [9.17, 15) is 14.7 Å². The minimum atomic E-state index is -0.807. The summed E-state index contributed by atoms with van der Waals surface area (Å²) in [7, 11) is 0. The number of amides is 2. The van der Waals surface area contributed by atoms with Gasteiger partial charge in [0.2, 0.25) is 0 Å². The molecule has 0 heterocycles. The first-order valence-electron chi connectivity index (χ1n) is 14.3. The quantitative estimate of drug-likeness (QED) is 0.421. The monoisotopic (exact) mass is 531 g/mol. The zero-order chi connectivity index (χ0) is 27.8. The second kappa shape index (κ2) is 10.7. The number of carbonyl (C=O) groups is 2. The Morgan fingerprint density at radius 2 is 1.87 bits per heavy atom. The van der Waals surface area contributed by atoms with Crippen LogP contribution in [0.4, 0.5) is 4.79 Å². The third kappa shape index (κ3) is 5.82. The van der Waals surface area contributed by atoms with Crippen LogP contribution < -0.4 is 10.7 Å². The van der Waals surface area contributed by atoms with E-state index < -0.39 is 17.7 Å². The highest BCUT2D eigenvalue weighted by atomic mass is 16.6. The van der Waals surface area contributed by atoms with Gasteiger partial charge in [0.25, 0.3) is 5.91 Å². The normalized spacial score (nSPS) is 27.6. The van der Waals surface area contributed by atoms with E-state index >= 15 is 0 Å². The summed E-state index contributed by atoms with van der Waals surface area (Å²) in [6.45, 7) is 7.71. The highest BCUT2D eigenvalue weighted by Gasteiger charge is 2.53. The van der Waals surface area contributed by atoms with Crippen LogP contribution in [-0.2, 0) is 22.4 Å². The Morgan fingerprint density at radius 1 is 1.10 bits per heavy atom. The average Bonchev–Trinajstić information content (AvgIpc) is 3.22. The van der Waals surface area contributed by atoms with E-state index in [0.29, 0.717) is 29.9 Å². The lowest BCUT2D eigenvalue weighted by atomic mass is 9.55. The molecule has 5 rings (SSSR count). The van der Waals surface area contributed by atoms with Crippen LogP contribution in [0.1, 0.15) is 82.4 Å². The Bertz CT molecular complexity index is 1250. The number of aryl methyl sites for hydroxylation is 1. The van der Waals surface area contributed by atoms with Crippen molar-refractivity contribution < 1.29 is 19.4 Å². The van der Waals surface area contributed by atoms with Crippen molar-refractivity contribution in [1.29, 1.82) is 0 Å². The summed E-state index contributed by atoms with van der Waals surface area (Å²) in [5, 5.41) is 17.4. The highest BCUT2D eigenvalue weighted by molar-refractivity contribution is 5.94. The third-order valence-corrected chi connectivity index (χ3v) is 9.04. The number of benzene rings is 2. The summed E-state index contributed by atoms with van der Waals surface area (Å²) in [6.07, 6.45) is 5.90. The van der Waals surface area contributed by atoms with Crippen molar-refractivity contribution >= 4 is 17.7 Å². The standard InChI is InChI=1S/C32H41N3O4/c1-31(2,3)39-30(38)33-27(18-20-8-6-5-7-9-20)29(37)35-34-28-15-14-26-25-12-10-21-19-22(36)11-13-23(21)24(25)16-17-32(26,28)4/h5-9,11,13,19,24-27,36H,10,12,14-18H2,1-4H3,(H,33,38)(H,35,37)/b34-28-/t24-,25-,26+,27+,32+/m1/s1. The fourth-order valence-corrected chi connectivity index (χ4v) is 7.25. The number of hydrogen-bond donors (Lipinski definition) is 3. The summed E-state index contributed by atoms with van der Waals surface area (Å²) >= 11 is 0. The lowest BCUT2D eigenvalue weighted by Crippen LogP contribution is -2.49. The van der Waals surface area contributed by atoms with Crippen molar-refractivity contribution in [2.75, 3.05) is 0 Å². The molecule has 0 unspecified atom stereocenters. The lowest BCUT2D eigenvalue weighted by Gasteiger charge is -2.49. The van der Waals surface area contributed by atoms with Crippen LogP contribution in [0.25, 0.3) is 0 Å². The van der Waals surface area contributed by atoms with Crippen molar-refractivity contribution in [1.82, 2.24) is 10.7 Å². The molecule has 208 valence electrons. The number of nitrogens with one attached hydrogen (secondary N) is 2. The largest absolute Gasteiger partial charge is 0.508 e. The molecule has 2 saturated carbocycles. The molecule has 0 radical (unpaired) electrons. The Labute approximate surface area is 231 Å². The molecule has 0 bridgehead atoms. The van der Waals surface area contributed by atoms with Crippen LogP contribution in [-0.4, -0.2) is 34.5 Å². The van der Waals surface area contributed by atoms with Crippen molar-refractivity contribution in [3.8, 4) is 5.75 Å². The highest BCUT2D eigenvalue weighted by Crippen LogP contribution is 2.59. The first kappa shape index (κ1) is 27.2. The predicted octanol–water partition coefficient (Wildman–Crippen LogP) is 5.86. The number of aromatic hydroxyl groups is 1. The Morgan fingerprint density at radius 3 is 2.62 bits per heavy atom. The summed E-state index contributed by atoms with van der Waals surface area (Å²) in [5.74, 6) is 1.64. The number of fused-ring (bicyclic) bond motifs is 5. The van der Waals surface area contributed by atoms with Gasteiger partial charge in [0.15, 0.2) is 0 Å². The first-order chi connectivity index (χ1) is 18.5. The summed E-state index contributed by atoms with van der Waals surface area (Å²) in [4.78, 5) is 25.9. The van der Waals surface area contributed by atoms with Crippen molar-refractivity contribution in [3.05, 3.63) is 65.2 Å². The molecule has 0 spiro atoms. The van der Waals surface area contributed by atoms with Gasteiger partial charge in [0.05, 0.1) is 0 Å². The SMILES string of the molecule is CC(C)(C)OC(=O)N[C@@H](Cc1ccccc1)C(=O)N/N=C1/CC[C@H]2[C@@H]3CCc4cc(O)ccc4[C@H]3CC[C@]12C. The third-order valence-electron chi connectivity index (χ3n) is 9.04. The molecular weight excluding hydrogens is 490 g/mol. The molecule has 5 atom stereocenters. The molecule has 2 amide bonds. The summed E-state index contributed by atoms with van der Waals surface area (Å²) in [6, 6.07) is 14.7. The maximum atomic E-state index is 13.4. The zero-order valence-corrected chi connectivity index (χ0v) is 23.5. The summed E-state index contributed by atoms with van der Waals surface area (Å²) < 4.78 is 5.42. The van der Waals surface area contributed by atoms with E-state index in [0.717, 1.165) is 49.8 Å². The summed E-state index contributed by atoms with van der Waals surface area (Å²) in [5.41, 5.74) is 6.81. The van der Waals surface area contributed by atoms with Gasteiger partial charge in [0, 0.05) is 17.5 Å². The van der Waals surface area contributed by atoms with E-state index in [2.05, 4.69) is 23.7 Å². The van der Waals surface area contributed by atoms with Gasteiger partial charge in [-0.2, -0.15) is 5.10 Å². The van der Waals surface area contributed by atoms with E-state index in [4.69, 9.17) is 9.84 Å². The number of phenols is 1. The number of alkyl carbamates (subject to hydrolysis) is 1. The van der Waals surface area contributed by atoms with Gasteiger partial charge in [0.1, 0.15) is 17.4 Å². The Kier molecular flexibility index (Phi) is 7.45. The first-order valence-corrected chi connectivity index (χ1v) is 14.3. The van der Waals surface area contributed by atoms with Crippen LogP contribution in [0.15, 0.2) is 53.6 Å². The molecule has 2 fully saturated rings. The molecule has 39 heavy (non-hydrogen) atoms. The number of hydrogen-bond acceptors (Lipinski definition) is 5. The minimum absolute atomic E-state index is 0.0452. The van der Waals surface area contributed by atoms with Gasteiger partial charge in [-0.05, 0) is 106 Å². The number of phenolic OH excluding ortho intramolecular Hbond substituents is 1. The molecule has 0 saturated heterocycles. The fourth-order valence-electron chi connectivity index (χ4n) is 7.25. The van der Waals surface area contributed by atoms with E-state index in [-0.39, 0.29) is 11.3 Å². The minimum Gasteiger partial charge on any atom is -0.508 e. The molecule has 2 aromatic carbocycles. The van der Waals surface area contributed by atoms with E-state index in [1.807, 2.05) is 42.5 Å². The number of rotatable bonds is 5. The smallest absolute Gasteiger partial charge is 0.408 e. The van der Waals surface area contributed by atoms with Crippen molar-refractivity contribution in [2.24, 2.45) is 22.4 Å². The lowest BCUT2D eigenvalue weighted by molar-refractivity contribution is -0.123. The van der Waals surface area contributed by atoms with Crippen molar-refractivity contribution in [2.45, 2.75) is 90.2 Å². The van der Waals surface area contributed by atoms with Gasteiger partial charge >= 0.3 is 6.09 Å². The number of nitrogens with zero attached hydrogens (tertiary/aromatic N) is 1. The Balaban J connectivity index is 1.30. The number of hydrazone groups is 1. The van der Waals surface area contributed by atoms with Gasteiger partial charge < -0.3 is 15.2 Å².